The van der Waals surface area contributed by atoms with Crippen molar-refractivity contribution in [2.75, 3.05) is 25.9 Å². The molecule has 8 nitrogen and oxygen atoms in total. The Morgan fingerprint density at radius 3 is 2.86 bits per heavy atom. The Kier molecular flexibility index (Phi) is 4.22. The van der Waals surface area contributed by atoms with Crippen LogP contribution in [0.3, 0.4) is 0 Å². The summed E-state index contributed by atoms with van der Waals surface area (Å²) in [6, 6.07) is 2.08. The van der Waals surface area contributed by atoms with E-state index in [4.69, 9.17) is 0 Å². The number of likely N-dealkylation sites (tertiary alicyclic amines) is 1. The van der Waals surface area contributed by atoms with E-state index in [0.29, 0.717) is 11.8 Å². The van der Waals surface area contributed by atoms with E-state index >= 15 is 0 Å². The zero-order valence-electron chi connectivity index (χ0n) is 16.2. The number of fused-ring (bicyclic) bond motifs is 3. The molecule has 3 aromatic heterocycles. The summed E-state index contributed by atoms with van der Waals surface area (Å²) in [6.07, 6.45) is 7.39. The summed E-state index contributed by atoms with van der Waals surface area (Å²) >= 11 is 0. The minimum absolute atomic E-state index is 0.0674. The third kappa shape index (κ3) is 3.11. The van der Waals surface area contributed by atoms with Gasteiger partial charge in [0.05, 0.1) is 17.5 Å². The molecule has 5 rings (SSSR count). The van der Waals surface area contributed by atoms with E-state index in [2.05, 4.69) is 35.9 Å². The highest BCUT2D eigenvalue weighted by Gasteiger charge is 2.37. The summed E-state index contributed by atoms with van der Waals surface area (Å²) in [6.45, 7) is 3.82. The molecule has 2 N–H and O–H groups in total. The Labute approximate surface area is 164 Å². The molecular weight excluding hydrogens is 376 g/mol. The van der Waals surface area contributed by atoms with Gasteiger partial charge in [-0.15, -0.1) is 0 Å². The first-order chi connectivity index (χ1) is 13.4. The van der Waals surface area contributed by atoms with Crippen LogP contribution in [-0.4, -0.2) is 64.6 Å². The average Bonchev–Trinajstić information content (AvgIpc) is 3.29. The number of imidazole rings is 1. The maximum atomic E-state index is 12.6. The Hall–Kier alpha value is -1.97. The highest BCUT2D eigenvalue weighted by molar-refractivity contribution is 7.89. The van der Waals surface area contributed by atoms with Gasteiger partial charge in [0.15, 0.2) is 11.3 Å². The predicted molar refractivity (Wildman–Crippen MR) is 108 cm³/mol. The minimum atomic E-state index is -3.25. The zero-order valence-corrected chi connectivity index (χ0v) is 17.0. The van der Waals surface area contributed by atoms with Crippen LogP contribution in [0, 0.1) is 11.8 Å². The molecule has 1 aliphatic carbocycles. The number of rotatable bonds is 5. The lowest BCUT2D eigenvalue weighted by Gasteiger charge is -2.36. The van der Waals surface area contributed by atoms with Gasteiger partial charge in [0.25, 0.3) is 0 Å². The highest BCUT2D eigenvalue weighted by Crippen LogP contribution is 2.43. The molecule has 9 heteroatoms. The first-order valence-electron chi connectivity index (χ1n) is 9.87. The van der Waals surface area contributed by atoms with Crippen molar-refractivity contribution in [2.45, 2.75) is 31.7 Å². The van der Waals surface area contributed by atoms with Crippen LogP contribution in [-0.2, 0) is 10.0 Å². The monoisotopic (exact) mass is 402 g/mol. The number of likely N-dealkylation sites (N-methyl/N-ethyl adjacent to an activating group) is 1. The van der Waals surface area contributed by atoms with E-state index in [1.807, 2.05) is 25.5 Å². The summed E-state index contributed by atoms with van der Waals surface area (Å²) in [5.41, 5.74) is 3.85. The van der Waals surface area contributed by atoms with Crippen molar-refractivity contribution in [3.8, 4) is 0 Å². The van der Waals surface area contributed by atoms with Crippen molar-refractivity contribution in [1.82, 2.24) is 29.0 Å². The second kappa shape index (κ2) is 6.53. The maximum absolute atomic E-state index is 12.6. The van der Waals surface area contributed by atoms with E-state index < -0.39 is 10.0 Å². The topological polar surface area (TPSA) is 95.4 Å². The largest absolute Gasteiger partial charge is 0.345 e. The predicted octanol–water partition coefficient (Wildman–Crippen LogP) is 1.57. The normalized spacial score (nSPS) is 27.0. The summed E-state index contributed by atoms with van der Waals surface area (Å²) in [5, 5.41) is 0. The molecule has 2 fully saturated rings. The van der Waals surface area contributed by atoms with Gasteiger partial charge < -0.3 is 9.88 Å². The zero-order chi connectivity index (χ0) is 19.5. The number of nitrogens with one attached hydrogen (secondary N) is 2. The number of hydrogen-bond acceptors (Lipinski definition) is 5. The smallest absolute Gasteiger partial charge is 0.212 e. The lowest BCUT2D eigenvalue weighted by atomic mass is 9.95. The van der Waals surface area contributed by atoms with E-state index in [1.54, 1.807) is 6.20 Å². The van der Waals surface area contributed by atoms with Gasteiger partial charge in [0.2, 0.25) is 10.0 Å². The molecule has 0 bridgehead atoms. The molecule has 1 saturated heterocycles. The van der Waals surface area contributed by atoms with Crippen LogP contribution in [0.5, 0.6) is 0 Å². The van der Waals surface area contributed by atoms with Gasteiger partial charge in [-0.2, -0.15) is 0 Å². The van der Waals surface area contributed by atoms with Crippen molar-refractivity contribution in [3.05, 3.63) is 30.4 Å². The molecule has 0 unspecified atom stereocenters. The lowest BCUT2D eigenvalue weighted by molar-refractivity contribution is 0.180. The third-order valence-corrected chi connectivity index (χ3v) is 7.90. The summed E-state index contributed by atoms with van der Waals surface area (Å²) in [7, 11) is -1.25. The van der Waals surface area contributed by atoms with Gasteiger partial charge in [0, 0.05) is 43.1 Å². The molecule has 4 heterocycles. The molecule has 1 saturated carbocycles. The second-order valence-electron chi connectivity index (χ2n) is 8.58. The molecular formula is C19H26N6O2S. The van der Waals surface area contributed by atoms with Crippen molar-refractivity contribution in [3.63, 3.8) is 0 Å². The first kappa shape index (κ1) is 18.1. The lowest BCUT2D eigenvalue weighted by Crippen LogP contribution is -2.57. The maximum Gasteiger partial charge on any atom is 0.212 e. The van der Waals surface area contributed by atoms with Gasteiger partial charge in [0.1, 0.15) is 0 Å². The summed E-state index contributed by atoms with van der Waals surface area (Å²) in [4.78, 5) is 14.2. The fraction of sp³-hybridized carbons (Fsp3) is 0.579. The summed E-state index contributed by atoms with van der Waals surface area (Å²) < 4.78 is 30.2. The minimum Gasteiger partial charge on any atom is -0.345 e. The Morgan fingerprint density at radius 2 is 2.07 bits per heavy atom. The number of sulfonamides is 1. The van der Waals surface area contributed by atoms with Gasteiger partial charge in [-0.05, 0) is 37.8 Å². The van der Waals surface area contributed by atoms with Crippen molar-refractivity contribution in [2.24, 2.45) is 11.8 Å². The Bertz CT molecular complexity index is 1110. The molecule has 0 aromatic carbocycles. The number of H-pyrrole nitrogens is 1. The molecule has 0 spiro atoms. The van der Waals surface area contributed by atoms with Crippen molar-refractivity contribution < 1.29 is 8.42 Å². The standard InChI is InChI=1S/C19H26N6O2S/c1-12-5-13(11-28(26,27)23-14-9-24(2)10-14)6-15(12)17-7-21-18-8-22-19-16(25(17)18)3-4-20-19/h3-4,7-8,12-15,20,23H,5-6,9-11H2,1-2H3/t12-,13+,15+/m1/s1. The van der Waals surface area contributed by atoms with E-state index in [9.17, 15) is 8.42 Å². The molecule has 0 amide bonds. The fourth-order valence-corrected chi connectivity index (χ4v) is 6.71. The van der Waals surface area contributed by atoms with Crippen LogP contribution in [0.15, 0.2) is 24.7 Å². The molecule has 1 aliphatic heterocycles. The molecule has 28 heavy (non-hydrogen) atoms. The van der Waals surface area contributed by atoms with Crippen LogP contribution in [0.1, 0.15) is 31.4 Å². The molecule has 0 radical (unpaired) electrons. The Balaban J connectivity index is 1.36. The molecule has 150 valence electrons. The molecule has 3 atom stereocenters. The van der Waals surface area contributed by atoms with Crippen LogP contribution >= 0.6 is 0 Å². The van der Waals surface area contributed by atoms with Gasteiger partial charge >= 0.3 is 0 Å². The molecule has 2 aliphatic rings. The highest BCUT2D eigenvalue weighted by atomic mass is 32.2. The first-order valence-corrected chi connectivity index (χ1v) is 11.5. The summed E-state index contributed by atoms with van der Waals surface area (Å²) in [5.74, 6) is 1.10. The van der Waals surface area contributed by atoms with E-state index in [-0.39, 0.29) is 17.7 Å². The number of aromatic nitrogens is 4. The Morgan fingerprint density at radius 1 is 1.25 bits per heavy atom. The van der Waals surface area contributed by atoms with Crippen LogP contribution in [0.2, 0.25) is 0 Å². The van der Waals surface area contributed by atoms with Crippen LogP contribution in [0.4, 0.5) is 0 Å². The number of aromatic amines is 1. The second-order valence-corrected chi connectivity index (χ2v) is 10.4. The number of hydrogen-bond donors (Lipinski definition) is 2. The molecule has 3 aromatic rings. The van der Waals surface area contributed by atoms with Gasteiger partial charge in [-0.3, -0.25) is 4.40 Å². The van der Waals surface area contributed by atoms with Crippen LogP contribution in [0.25, 0.3) is 16.8 Å². The fourth-order valence-electron chi connectivity index (χ4n) is 5.07. The quantitative estimate of drug-likeness (QED) is 0.676. The third-order valence-electron chi connectivity index (χ3n) is 6.29. The van der Waals surface area contributed by atoms with E-state index in [0.717, 1.165) is 48.4 Å². The van der Waals surface area contributed by atoms with E-state index in [1.165, 1.54) is 0 Å². The SMILES string of the molecule is C[C@@H]1C[C@H](CS(=O)(=O)NC2CN(C)C2)C[C@@H]1c1cnc2cnc3[nH]ccc3n12. The van der Waals surface area contributed by atoms with Crippen LogP contribution < -0.4 is 4.72 Å². The number of nitrogens with zero attached hydrogens (tertiary/aromatic N) is 4. The van der Waals surface area contributed by atoms with Crippen molar-refractivity contribution >= 4 is 26.8 Å². The van der Waals surface area contributed by atoms with Gasteiger partial charge in [-0.25, -0.2) is 23.1 Å². The van der Waals surface area contributed by atoms with Crippen molar-refractivity contribution in [1.29, 1.82) is 0 Å². The average molecular weight is 403 g/mol. The van der Waals surface area contributed by atoms with Gasteiger partial charge in [-0.1, -0.05) is 6.92 Å².